The topological polar surface area (TPSA) is 37.3 Å². The second-order valence-electron chi connectivity index (χ2n) is 4.60. The van der Waals surface area contributed by atoms with Crippen molar-refractivity contribution in [2.75, 3.05) is 0 Å². The lowest BCUT2D eigenvalue weighted by Gasteiger charge is -2.21. The predicted octanol–water partition coefficient (Wildman–Crippen LogP) is 4.18. The summed E-state index contributed by atoms with van der Waals surface area (Å²) in [6.45, 7) is 0. The van der Waals surface area contributed by atoms with Gasteiger partial charge >= 0.3 is 5.97 Å². The Hall–Kier alpha value is -1.22. The van der Waals surface area contributed by atoms with Gasteiger partial charge in [-0.3, -0.25) is 0 Å². The van der Waals surface area contributed by atoms with Gasteiger partial charge in [0.15, 0.2) is 0 Å². The van der Waals surface area contributed by atoms with Crippen molar-refractivity contribution < 1.29 is 9.90 Å². The van der Waals surface area contributed by atoms with E-state index in [2.05, 4.69) is 0 Å². The fourth-order valence-electron chi connectivity index (χ4n) is 2.21. The number of carbonyl (C=O) groups is 1. The van der Waals surface area contributed by atoms with Crippen molar-refractivity contribution in [2.45, 2.75) is 37.4 Å². The zero-order valence-electron chi connectivity index (χ0n) is 10.3. The van der Waals surface area contributed by atoms with Crippen molar-refractivity contribution in [1.29, 1.82) is 0 Å². The number of aliphatic carboxylic acids is 1. The van der Waals surface area contributed by atoms with Gasteiger partial charge in [0, 0.05) is 5.25 Å². The molecule has 1 N–H and O–H groups in total. The first-order valence-electron chi connectivity index (χ1n) is 6.42. The van der Waals surface area contributed by atoms with E-state index in [1.54, 1.807) is 6.08 Å². The highest BCUT2D eigenvalue weighted by Crippen LogP contribution is 2.33. The highest BCUT2D eigenvalue weighted by molar-refractivity contribution is 8.04. The van der Waals surface area contributed by atoms with Gasteiger partial charge in [0.05, 0.1) is 4.91 Å². The molecule has 0 saturated heterocycles. The molecule has 1 aliphatic rings. The highest BCUT2D eigenvalue weighted by Gasteiger charge is 2.19. The quantitative estimate of drug-likeness (QED) is 0.827. The van der Waals surface area contributed by atoms with E-state index >= 15 is 0 Å². The van der Waals surface area contributed by atoms with E-state index in [-0.39, 0.29) is 0 Å². The third kappa shape index (κ3) is 3.91. The van der Waals surface area contributed by atoms with E-state index in [1.807, 2.05) is 30.3 Å². The van der Waals surface area contributed by atoms with Gasteiger partial charge in [0.2, 0.25) is 0 Å². The minimum absolute atomic E-state index is 0.466. The predicted molar refractivity (Wildman–Crippen MR) is 76.5 cm³/mol. The summed E-state index contributed by atoms with van der Waals surface area (Å²) < 4.78 is 0. The molecule has 0 aliphatic heterocycles. The first-order valence-corrected chi connectivity index (χ1v) is 7.30. The van der Waals surface area contributed by atoms with Crippen LogP contribution in [0.25, 0.3) is 6.08 Å². The van der Waals surface area contributed by atoms with Crippen LogP contribution in [0.15, 0.2) is 35.2 Å². The van der Waals surface area contributed by atoms with E-state index < -0.39 is 5.97 Å². The SMILES string of the molecule is O=C(O)C(=Cc1ccccc1)SC1CCCCC1. The summed E-state index contributed by atoms with van der Waals surface area (Å²) in [5.41, 5.74) is 0.957. The monoisotopic (exact) mass is 262 g/mol. The third-order valence-electron chi connectivity index (χ3n) is 3.15. The summed E-state index contributed by atoms with van der Waals surface area (Å²) in [6, 6.07) is 9.66. The van der Waals surface area contributed by atoms with Crippen LogP contribution in [-0.4, -0.2) is 16.3 Å². The van der Waals surface area contributed by atoms with Gasteiger partial charge in [-0.15, -0.1) is 11.8 Å². The lowest BCUT2D eigenvalue weighted by atomic mass is 10.0. The first kappa shape index (κ1) is 13.2. The fourth-order valence-corrected chi connectivity index (χ4v) is 3.44. The Balaban J connectivity index is 2.08. The van der Waals surface area contributed by atoms with Gasteiger partial charge < -0.3 is 5.11 Å². The molecule has 0 radical (unpaired) electrons. The van der Waals surface area contributed by atoms with Crippen LogP contribution >= 0.6 is 11.8 Å². The van der Waals surface area contributed by atoms with Crippen molar-refractivity contribution in [2.24, 2.45) is 0 Å². The van der Waals surface area contributed by atoms with Gasteiger partial charge in [-0.2, -0.15) is 0 Å². The molecule has 0 aromatic heterocycles. The Kier molecular flexibility index (Phi) is 4.88. The Labute approximate surface area is 112 Å². The molecule has 96 valence electrons. The van der Waals surface area contributed by atoms with Gasteiger partial charge in [0.25, 0.3) is 0 Å². The van der Waals surface area contributed by atoms with Crippen LogP contribution in [0, 0.1) is 0 Å². The number of carboxylic acids is 1. The average molecular weight is 262 g/mol. The van der Waals surface area contributed by atoms with E-state index in [0.29, 0.717) is 10.2 Å². The van der Waals surface area contributed by atoms with Crippen LogP contribution in [0.1, 0.15) is 37.7 Å². The lowest BCUT2D eigenvalue weighted by Crippen LogP contribution is -2.10. The van der Waals surface area contributed by atoms with E-state index in [1.165, 1.54) is 31.0 Å². The summed E-state index contributed by atoms with van der Waals surface area (Å²) in [4.78, 5) is 11.8. The fraction of sp³-hybridized carbons (Fsp3) is 0.400. The normalized spacial score (nSPS) is 17.7. The molecule has 0 amide bonds. The van der Waals surface area contributed by atoms with Crippen molar-refractivity contribution >= 4 is 23.8 Å². The van der Waals surface area contributed by atoms with E-state index in [9.17, 15) is 9.90 Å². The molecule has 1 aromatic rings. The Bertz CT molecular complexity index is 419. The molecule has 3 heteroatoms. The minimum atomic E-state index is -0.811. The largest absolute Gasteiger partial charge is 0.477 e. The molecular weight excluding hydrogens is 244 g/mol. The van der Waals surface area contributed by atoms with Crippen molar-refractivity contribution in [1.82, 2.24) is 0 Å². The molecule has 1 aliphatic carbocycles. The third-order valence-corrected chi connectivity index (χ3v) is 4.51. The summed E-state index contributed by atoms with van der Waals surface area (Å²) >= 11 is 1.53. The van der Waals surface area contributed by atoms with Crippen LogP contribution in [0.5, 0.6) is 0 Å². The van der Waals surface area contributed by atoms with Crippen LogP contribution in [-0.2, 0) is 4.79 Å². The Morgan fingerprint density at radius 2 is 1.83 bits per heavy atom. The number of hydrogen-bond donors (Lipinski definition) is 1. The van der Waals surface area contributed by atoms with E-state index in [0.717, 1.165) is 18.4 Å². The molecule has 0 spiro atoms. The molecule has 2 rings (SSSR count). The number of hydrogen-bond acceptors (Lipinski definition) is 2. The maximum Gasteiger partial charge on any atom is 0.342 e. The molecule has 1 saturated carbocycles. The standard InChI is InChI=1S/C15H18O2S/c16-15(17)14(11-12-7-3-1-4-8-12)18-13-9-5-2-6-10-13/h1,3-4,7-8,11,13H,2,5-6,9-10H2,(H,16,17). The number of rotatable bonds is 4. The zero-order valence-corrected chi connectivity index (χ0v) is 11.2. The second-order valence-corrected chi connectivity index (χ2v) is 5.94. The van der Waals surface area contributed by atoms with Crippen molar-refractivity contribution in [3.05, 3.63) is 40.8 Å². The Morgan fingerprint density at radius 1 is 1.17 bits per heavy atom. The first-order chi connectivity index (χ1) is 8.75. The summed E-state index contributed by atoms with van der Waals surface area (Å²) in [6.07, 6.45) is 7.82. The molecule has 2 nitrogen and oxygen atoms in total. The molecule has 1 aromatic carbocycles. The molecule has 18 heavy (non-hydrogen) atoms. The molecule has 0 unspecified atom stereocenters. The number of carboxylic acid groups (broad SMARTS) is 1. The molecule has 0 heterocycles. The van der Waals surface area contributed by atoms with Gasteiger partial charge in [-0.25, -0.2) is 4.79 Å². The number of thioether (sulfide) groups is 1. The molecule has 0 bridgehead atoms. The van der Waals surface area contributed by atoms with Crippen LogP contribution in [0.3, 0.4) is 0 Å². The maximum absolute atomic E-state index is 11.3. The van der Waals surface area contributed by atoms with Crippen molar-refractivity contribution in [3.8, 4) is 0 Å². The minimum Gasteiger partial charge on any atom is -0.477 e. The maximum atomic E-state index is 11.3. The summed E-state index contributed by atoms with van der Waals surface area (Å²) in [5, 5.41) is 9.75. The second kappa shape index (κ2) is 6.64. The van der Waals surface area contributed by atoms with Crippen LogP contribution < -0.4 is 0 Å². The molecule has 0 atom stereocenters. The highest BCUT2D eigenvalue weighted by atomic mass is 32.2. The molecular formula is C15H18O2S. The zero-order chi connectivity index (χ0) is 12.8. The average Bonchev–Trinajstić information content (AvgIpc) is 2.40. The van der Waals surface area contributed by atoms with Crippen molar-refractivity contribution in [3.63, 3.8) is 0 Å². The van der Waals surface area contributed by atoms with Crippen LogP contribution in [0.2, 0.25) is 0 Å². The molecule has 1 fully saturated rings. The Morgan fingerprint density at radius 3 is 2.44 bits per heavy atom. The summed E-state index contributed by atoms with van der Waals surface area (Å²) in [7, 11) is 0. The van der Waals surface area contributed by atoms with Crippen LogP contribution in [0.4, 0.5) is 0 Å². The van der Waals surface area contributed by atoms with Gasteiger partial charge in [-0.05, 0) is 24.5 Å². The smallest absolute Gasteiger partial charge is 0.342 e. The summed E-state index contributed by atoms with van der Waals surface area (Å²) in [5.74, 6) is -0.811. The van der Waals surface area contributed by atoms with Gasteiger partial charge in [-0.1, -0.05) is 49.6 Å². The lowest BCUT2D eigenvalue weighted by molar-refractivity contribution is -0.131. The van der Waals surface area contributed by atoms with Gasteiger partial charge in [0.1, 0.15) is 0 Å². The number of benzene rings is 1. The van der Waals surface area contributed by atoms with E-state index in [4.69, 9.17) is 0 Å².